The fourth-order valence-corrected chi connectivity index (χ4v) is 4.50. The highest BCUT2D eigenvalue weighted by atomic mass is 32.2. The third-order valence-electron chi connectivity index (χ3n) is 4.68. The summed E-state index contributed by atoms with van der Waals surface area (Å²) in [4.78, 5) is 22.7. The van der Waals surface area contributed by atoms with Crippen molar-refractivity contribution in [1.29, 1.82) is 0 Å². The van der Waals surface area contributed by atoms with E-state index in [1.165, 1.54) is 12.1 Å². The third-order valence-corrected chi connectivity index (χ3v) is 6.03. The van der Waals surface area contributed by atoms with E-state index in [0.717, 1.165) is 4.68 Å². The van der Waals surface area contributed by atoms with Crippen LogP contribution in [0.4, 0.5) is 0 Å². The molecule has 0 spiro atoms. The molecule has 2 saturated heterocycles. The Morgan fingerprint density at radius 2 is 1.76 bits per heavy atom. The van der Waals surface area contributed by atoms with E-state index in [4.69, 9.17) is 18.8 Å². The van der Waals surface area contributed by atoms with Crippen molar-refractivity contribution in [1.82, 2.24) is 15.0 Å². The van der Waals surface area contributed by atoms with E-state index >= 15 is 0 Å². The van der Waals surface area contributed by atoms with Crippen LogP contribution in [0.1, 0.15) is 27.0 Å². The van der Waals surface area contributed by atoms with Crippen LogP contribution >= 0.6 is 0 Å². The van der Waals surface area contributed by atoms with Crippen LogP contribution in [-0.2, 0) is 23.8 Å². The normalized spacial score (nSPS) is 26.3. The van der Waals surface area contributed by atoms with Gasteiger partial charge in [0.1, 0.15) is 24.4 Å². The Hall–Kier alpha value is -2.87. The number of benzene rings is 1. The van der Waals surface area contributed by atoms with Gasteiger partial charge in [0.05, 0.1) is 18.1 Å². The number of carboxylic acids is 2. The van der Waals surface area contributed by atoms with Crippen molar-refractivity contribution in [2.24, 2.45) is 0 Å². The summed E-state index contributed by atoms with van der Waals surface area (Å²) in [6.45, 7) is -0.190. The van der Waals surface area contributed by atoms with Gasteiger partial charge in [0.25, 0.3) is 10.1 Å². The number of rotatable bonds is 6. The maximum absolute atomic E-state index is 12.4. The second-order valence-corrected chi connectivity index (χ2v) is 7.98. The Balaban J connectivity index is 1.56. The largest absolute Gasteiger partial charge is 0.476 e. The molecule has 2 aliphatic rings. The van der Waals surface area contributed by atoms with Crippen molar-refractivity contribution >= 4 is 22.1 Å². The van der Waals surface area contributed by atoms with Gasteiger partial charge in [-0.25, -0.2) is 14.3 Å². The minimum absolute atomic E-state index is 0.0199. The first-order valence-corrected chi connectivity index (χ1v) is 9.83. The maximum Gasteiger partial charge on any atom is 0.359 e. The van der Waals surface area contributed by atoms with Crippen molar-refractivity contribution in [3.05, 3.63) is 41.7 Å². The van der Waals surface area contributed by atoms with Crippen LogP contribution in [0.5, 0.6) is 0 Å². The Bertz CT molecular complexity index is 1050. The Morgan fingerprint density at radius 3 is 2.41 bits per heavy atom. The molecule has 0 aliphatic carbocycles. The highest BCUT2D eigenvalue weighted by Gasteiger charge is 2.52. The number of hydrogen-bond donors (Lipinski definition) is 2. The van der Waals surface area contributed by atoms with Gasteiger partial charge >= 0.3 is 11.9 Å². The molecule has 2 fully saturated rings. The molecular formula is C16H15N3O9S. The number of aromatic carboxylic acids is 2. The molecule has 4 atom stereocenters. The van der Waals surface area contributed by atoms with Crippen molar-refractivity contribution in [2.45, 2.75) is 29.2 Å². The molecule has 13 heteroatoms. The van der Waals surface area contributed by atoms with Gasteiger partial charge < -0.3 is 19.7 Å². The standard InChI is InChI=1S/C16H15N3O9S/c20-15(21)11-12(16(22)23)19(18-17-11)9-6-26-14-10(7-27-13(9)14)28-29(24,25)8-4-2-1-3-5-8/h1-5,9-10,13-14H,6-7H2,(H,20,21)(H,22,23)/t9-,10-,13?,14?/m1/s1. The predicted octanol–water partition coefficient (Wildman–Crippen LogP) is -0.213. The lowest BCUT2D eigenvalue weighted by Gasteiger charge is -2.17. The molecule has 29 heavy (non-hydrogen) atoms. The molecule has 4 rings (SSSR count). The summed E-state index contributed by atoms with van der Waals surface area (Å²) < 4.78 is 42.3. The zero-order valence-corrected chi connectivity index (χ0v) is 15.4. The van der Waals surface area contributed by atoms with Crippen molar-refractivity contribution in [3.63, 3.8) is 0 Å². The van der Waals surface area contributed by atoms with Crippen LogP contribution in [0.15, 0.2) is 35.2 Å². The number of ether oxygens (including phenoxy) is 2. The molecule has 154 valence electrons. The summed E-state index contributed by atoms with van der Waals surface area (Å²) in [5.41, 5.74) is -1.32. The molecule has 0 radical (unpaired) electrons. The second-order valence-electron chi connectivity index (χ2n) is 6.41. The van der Waals surface area contributed by atoms with Crippen LogP contribution < -0.4 is 0 Å². The topological polar surface area (TPSA) is 167 Å². The summed E-state index contributed by atoms with van der Waals surface area (Å²) >= 11 is 0. The molecule has 0 bridgehead atoms. The number of nitrogens with zero attached hydrogens (tertiary/aromatic N) is 3. The fourth-order valence-electron chi connectivity index (χ4n) is 3.41. The lowest BCUT2D eigenvalue weighted by molar-refractivity contribution is 0.0323. The molecule has 1 aromatic heterocycles. The zero-order valence-electron chi connectivity index (χ0n) is 14.6. The monoisotopic (exact) mass is 425 g/mol. The highest BCUT2D eigenvalue weighted by molar-refractivity contribution is 7.86. The quantitative estimate of drug-likeness (QED) is 0.587. The number of hydrogen-bond acceptors (Lipinski definition) is 9. The van der Waals surface area contributed by atoms with Gasteiger partial charge in [0.2, 0.25) is 5.69 Å². The number of aromatic nitrogens is 3. The molecule has 1 aromatic carbocycles. The summed E-state index contributed by atoms with van der Waals surface area (Å²) in [6.07, 6.45) is -2.55. The predicted molar refractivity (Wildman–Crippen MR) is 91.0 cm³/mol. The van der Waals surface area contributed by atoms with E-state index in [1.807, 2.05) is 0 Å². The first-order chi connectivity index (χ1) is 13.8. The van der Waals surface area contributed by atoms with Crippen LogP contribution in [0, 0.1) is 0 Å². The van der Waals surface area contributed by atoms with E-state index in [2.05, 4.69) is 10.3 Å². The maximum atomic E-state index is 12.4. The molecule has 2 N–H and O–H groups in total. The van der Waals surface area contributed by atoms with Crippen LogP contribution in [0.25, 0.3) is 0 Å². The third kappa shape index (κ3) is 3.37. The minimum atomic E-state index is -4.06. The summed E-state index contributed by atoms with van der Waals surface area (Å²) in [7, 11) is -4.06. The molecule has 2 aromatic rings. The van der Waals surface area contributed by atoms with Crippen molar-refractivity contribution in [2.75, 3.05) is 13.2 Å². The molecule has 0 saturated carbocycles. The average molecular weight is 425 g/mol. The minimum Gasteiger partial charge on any atom is -0.476 e. The SMILES string of the molecule is O=C(O)c1nnn([C@@H]2COC3C2OC[C@H]3OS(=O)(=O)c2ccccc2)c1C(=O)O. The van der Waals surface area contributed by atoms with Crippen LogP contribution in [0.2, 0.25) is 0 Å². The van der Waals surface area contributed by atoms with Gasteiger partial charge in [0, 0.05) is 0 Å². The summed E-state index contributed by atoms with van der Waals surface area (Å²) in [6, 6.07) is 6.77. The molecule has 12 nitrogen and oxygen atoms in total. The lowest BCUT2D eigenvalue weighted by Crippen LogP contribution is -2.34. The van der Waals surface area contributed by atoms with Crippen LogP contribution in [0.3, 0.4) is 0 Å². The number of fused-ring (bicyclic) bond motifs is 1. The smallest absolute Gasteiger partial charge is 0.359 e. The van der Waals surface area contributed by atoms with E-state index in [1.54, 1.807) is 18.2 Å². The number of carbonyl (C=O) groups is 2. The van der Waals surface area contributed by atoms with Crippen molar-refractivity contribution in [3.8, 4) is 0 Å². The molecule has 3 heterocycles. The molecule has 2 unspecified atom stereocenters. The Labute approximate surface area is 163 Å². The van der Waals surface area contributed by atoms with Gasteiger partial charge in [-0.2, -0.15) is 8.42 Å². The van der Waals surface area contributed by atoms with Gasteiger partial charge in [-0.05, 0) is 12.1 Å². The van der Waals surface area contributed by atoms with E-state index in [-0.39, 0.29) is 18.1 Å². The molecule has 2 aliphatic heterocycles. The fraction of sp³-hybridized carbons (Fsp3) is 0.375. The van der Waals surface area contributed by atoms with Gasteiger partial charge in [-0.15, -0.1) is 5.10 Å². The van der Waals surface area contributed by atoms with Crippen LogP contribution in [-0.4, -0.2) is 77.1 Å². The lowest BCUT2D eigenvalue weighted by atomic mass is 10.1. The average Bonchev–Trinajstić information content (AvgIpc) is 3.37. The van der Waals surface area contributed by atoms with Gasteiger partial charge in [-0.1, -0.05) is 23.4 Å². The van der Waals surface area contributed by atoms with E-state index < -0.39 is 57.8 Å². The van der Waals surface area contributed by atoms with Gasteiger partial charge in [-0.3, -0.25) is 4.18 Å². The van der Waals surface area contributed by atoms with Crippen molar-refractivity contribution < 1.29 is 41.9 Å². The Morgan fingerprint density at radius 1 is 1.07 bits per heavy atom. The second kappa shape index (κ2) is 7.18. The van der Waals surface area contributed by atoms with Gasteiger partial charge in [0.15, 0.2) is 5.69 Å². The van der Waals surface area contributed by atoms with E-state index in [9.17, 15) is 23.1 Å². The molecular weight excluding hydrogens is 410 g/mol. The highest BCUT2D eigenvalue weighted by Crippen LogP contribution is 2.37. The van der Waals surface area contributed by atoms with E-state index in [0.29, 0.717) is 0 Å². The first-order valence-electron chi connectivity index (χ1n) is 8.43. The Kier molecular flexibility index (Phi) is 4.82. The summed E-state index contributed by atoms with van der Waals surface area (Å²) in [5.74, 6) is -3.06. The summed E-state index contributed by atoms with van der Waals surface area (Å²) in [5, 5.41) is 25.5. The zero-order chi connectivity index (χ0) is 20.8. The molecule has 0 amide bonds. The number of carboxylic acid groups (broad SMARTS) is 2. The first kappa shape index (κ1) is 19.4.